The minimum Gasteiger partial charge on any atom is -0.454 e. The predicted molar refractivity (Wildman–Crippen MR) is 25.3 cm³/mol. The van der Waals surface area contributed by atoms with Crippen LogP contribution in [0.25, 0.3) is 0 Å². The summed E-state index contributed by atoms with van der Waals surface area (Å²) in [5.74, 6) is 0.429. The molecular formula is C4H4N3Re-. The van der Waals surface area contributed by atoms with Crippen LogP contribution in [-0.2, 0) is 20.4 Å². The van der Waals surface area contributed by atoms with Crippen LogP contribution in [0.1, 0.15) is 0 Å². The third-order valence-electron chi connectivity index (χ3n) is 0.543. The molecule has 0 aromatic carbocycles. The van der Waals surface area contributed by atoms with Gasteiger partial charge in [0.1, 0.15) is 0 Å². The number of nitrogens with zero attached hydrogens (tertiary/aromatic N) is 2. The maximum absolute atomic E-state index is 5.16. The standard InChI is InChI=1S/C4H4N3.Re/c5-4-3-6-1-2-7-4;/h2-3H,(H2,5,7);/q-1;. The normalized spacial score (nSPS) is 7.50. The first-order valence-corrected chi connectivity index (χ1v) is 1.83. The van der Waals surface area contributed by atoms with Crippen molar-refractivity contribution in [3.8, 4) is 0 Å². The van der Waals surface area contributed by atoms with Crippen molar-refractivity contribution in [1.29, 1.82) is 0 Å². The summed E-state index contributed by atoms with van der Waals surface area (Å²) in [7, 11) is 0. The van der Waals surface area contributed by atoms with Gasteiger partial charge in [-0.3, -0.25) is 4.98 Å². The van der Waals surface area contributed by atoms with Crippen molar-refractivity contribution in [3.05, 3.63) is 18.6 Å². The van der Waals surface area contributed by atoms with Crippen LogP contribution in [0.15, 0.2) is 12.4 Å². The van der Waals surface area contributed by atoms with E-state index in [9.17, 15) is 0 Å². The molecule has 0 spiro atoms. The molecule has 4 heteroatoms. The Morgan fingerprint density at radius 2 is 2.38 bits per heavy atom. The van der Waals surface area contributed by atoms with Gasteiger partial charge in [0.2, 0.25) is 0 Å². The molecule has 3 nitrogen and oxygen atoms in total. The number of anilines is 1. The molecule has 0 aliphatic rings. The summed E-state index contributed by atoms with van der Waals surface area (Å²) in [6, 6.07) is 0. The van der Waals surface area contributed by atoms with Gasteiger partial charge in [-0.2, -0.15) is 0 Å². The zero-order valence-corrected chi connectivity index (χ0v) is 6.72. The number of nitrogens with two attached hydrogens (primary N) is 1. The summed E-state index contributed by atoms with van der Waals surface area (Å²) in [6.45, 7) is 0. The summed E-state index contributed by atoms with van der Waals surface area (Å²) in [5.41, 5.74) is 5.16. The van der Waals surface area contributed by atoms with Crippen LogP contribution in [0.4, 0.5) is 5.82 Å². The van der Waals surface area contributed by atoms with Gasteiger partial charge in [-0.25, -0.2) is 0 Å². The van der Waals surface area contributed by atoms with Gasteiger partial charge in [-0.05, 0) is 6.20 Å². The second kappa shape index (κ2) is 3.53. The molecule has 0 unspecified atom stereocenters. The first kappa shape index (κ1) is 7.54. The molecule has 8 heavy (non-hydrogen) atoms. The average molecular weight is 280 g/mol. The molecule has 2 N–H and O–H groups in total. The first-order valence-electron chi connectivity index (χ1n) is 1.83. The van der Waals surface area contributed by atoms with Gasteiger partial charge >= 0.3 is 0 Å². The van der Waals surface area contributed by atoms with Crippen molar-refractivity contribution in [2.24, 2.45) is 0 Å². The van der Waals surface area contributed by atoms with E-state index in [0.29, 0.717) is 5.82 Å². The monoisotopic (exact) mass is 281 g/mol. The number of rotatable bonds is 0. The molecule has 0 amide bonds. The Hall–Kier alpha value is -0.458. The van der Waals surface area contributed by atoms with Gasteiger partial charge in [0.05, 0.1) is 5.82 Å². The second-order valence-electron chi connectivity index (χ2n) is 1.07. The van der Waals surface area contributed by atoms with E-state index in [1.54, 1.807) is 0 Å². The molecule has 43 valence electrons. The van der Waals surface area contributed by atoms with Crippen LogP contribution in [-0.4, -0.2) is 9.97 Å². The molecule has 1 heterocycles. The molecule has 1 rings (SSSR count). The van der Waals surface area contributed by atoms with Gasteiger partial charge in [0, 0.05) is 20.4 Å². The van der Waals surface area contributed by atoms with E-state index in [1.807, 2.05) is 0 Å². The Bertz CT molecular complexity index is 141. The Kier molecular flexibility index (Phi) is 3.33. The topological polar surface area (TPSA) is 51.8 Å². The second-order valence-corrected chi connectivity index (χ2v) is 1.07. The Balaban J connectivity index is 0.000000490. The fraction of sp³-hybridized carbons (Fsp3) is 0. The molecule has 0 bridgehead atoms. The van der Waals surface area contributed by atoms with E-state index < -0.39 is 0 Å². The summed E-state index contributed by atoms with van der Waals surface area (Å²) in [5, 5.41) is 0. The smallest absolute Gasteiger partial charge is 0.0554 e. The van der Waals surface area contributed by atoms with Gasteiger partial charge < -0.3 is 10.7 Å². The van der Waals surface area contributed by atoms with Crippen molar-refractivity contribution < 1.29 is 20.4 Å². The molecule has 0 saturated carbocycles. The van der Waals surface area contributed by atoms with Crippen molar-refractivity contribution >= 4 is 5.82 Å². The van der Waals surface area contributed by atoms with Crippen LogP contribution >= 0.6 is 0 Å². The Morgan fingerprint density at radius 3 is 2.62 bits per heavy atom. The molecule has 1 aromatic heterocycles. The summed E-state index contributed by atoms with van der Waals surface area (Å²) < 4.78 is 0. The van der Waals surface area contributed by atoms with E-state index >= 15 is 0 Å². The first-order chi connectivity index (χ1) is 3.39. The third kappa shape index (κ3) is 2.01. The molecule has 0 atom stereocenters. The van der Waals surface area contributed by atoms with E-state index in [2.05, 4.69) is 16.2 Å². The minimum atomic E-state index is 0. The van der Waals surface area contributed by atoms with Gasteiger partial charge in [0.15, 0.2) is 0 Å². The summed E-state index contributed by atoms with van der Waals surface area (Å²) in [4.78, 5) is 7.21. The van der Waals surface area contributed by atoms with Crippen molar-refractivity contribution in [2.45, 2.75) is 0 Å². The zero-order valence-electron chi connectivity index (χ0n) is 4.00. The SMILES string of the molecule is Nc1cn[c-]cn1.[Re]. The van der Waals surface area contributed by atoms with Gasteiger partial charge in [0.25, 0.3) is 0 Å². The molecule has 0 aliphatic carbocycles. The van der Waals surface area contributed by atoms with Crippen LogP contribution in [0.3, 0.4) is 0 Å². The number of hydrogen-bond acceptors (Lipinski definition) is 3. The van der Waals surface area contributed by atoms with E-state index in [-0.39, 0.29) is 20.4 Å². The summed E-state index contributed by atoms with van der Waals surface area (Å²) in [6.07, 6.45) is 5.36. The van der Waals surface area contributed by atoms with Gasteiger partial charge in [-0.15, -0.1) is 6.20 Å². The quantitative estimate of drug-likeness (QED) is 0.673. The number of nitrogen functional groups attached to an aromatic ring is 1. The molecule has 0 saturated heterocycles. The molecule has 1 aromatic rings. The number of hydrogen-bond donors (Lipinski definition) is 1. The van der Waals surface area contributed by atoms with Crippen molar-refractivity contribution in [3.63, 3.8) is 0 Å². The maximum atomic E-state index is 5.16. The Labute approximate surface area is 61.0 Å². The van der Waals surface area contributed by atoms with Crippen molar-refractivity contribution in [2.75, 3.05) is 5.73 Å². The van der Waals surface area contributed by atoms with E-state index in [0.717, 1.165) is 0 Å². The van der Waals surface area contributed by atoms with Crippen LogP contribution in [0.2, 0.25) is 0 Å². The molecule has 0 fully saturated rings. The van der Waals surface area contributed by atoms with E-state index in [1.165, 1.54) is 12.4 Å². The van der Waals surface area contributed by atoms with Gasteiger partial charge in [-0.1, -0.05) is 6.20 Å². The fourth-order valence-electron chi connectivity index (χ4n) is 0.273. The fourth-order valence-corrected chi connectivity index (χ4v) is 0.273. The predicted octanol–water partition coefficient (Wildman–Crippen LogP) is -0.144. The Morgan fingerprint density at radius 1 is 1.62 bits per heavy atom. The van der Waals surface area contributed by atoms with Crippen LogP contribution in [0.5, 0.6) is 0 Å². The van der Waals surface area contributed by atoms with Crippen LogP contribution in [0, 0.1) is 6.20 Å². The average Bonchev–Trinajstić information content (AvgIpc) is 1.69. The van der Waals surface area contributed by atoms with E-state index in [4.69, 9.17) is 5.73 Å². The largest absolute Gasteiger partial charge is 0.454 e. The summed E-state index contributed by atoms with van der Waals surface area (Å²) >= 11 is 0. The number of aromatic nitrogens is 2. The minimum absolute atomic E-state index is 0. The molecular weight excluding hydrogens is 276 g/mol. The van der Waals surface area contributed by atoms with Crippen LogP contribution < -0.4 is 5.73 Å². The maximum Gasteiger partial charge on any atom is 0.0554 e. The third-order valence-corrected chi connectivity index (χ3v) is 0.543. The van der Waals surface area contributed by atoms with Crippen molar-refractivity contribution in [1.82, 2.24) is 9.97 Å². The molecule has 1 radical (unpaired) electrons. The molecule has 0 aliphatic heterocycles. The zero-order chi connectivity index (χ0) is 5.11.